The van der Waals surface area contributed by atoms with Crippen molar-refractivity contribution in [3.05, 3.63) is 85.9 Å². The van der Waals surface area contributed by atoms with Crippen LogP contribution < -0.4 is 0 Å². The fourth-order valence-corrected chi connectivity index (χ4v) is 2.90. The Bertz CT molecular complexity index is 810. The van der Waals surface area contributed by atoms with Crippen LogP contribution in [0.5, 0.6) is 0 Å². The normalized spacial score (nSPS) is 20.0. The minimum absolute atomic E-state index is 0.278. The van der Waals surface area contributed by atoms with Crippen molar-refractivity contribution in [3.8, 4) is 6.07 Å². The van der Waals surface area contributed by atoms with Gasteiger partial charge in [-0.15, -0.1) is 0 Å². The van der Waals surface area contributed by atoms with Crippen molar-refractivity contribution >= 4 is 21.7 Å². The summed E-state index contributed by atoms with van der Waals surface area (Å²) in [4.78, 5) is 10.9. The molecule has 1 heterocycles. The zero-order valence-electron chi connectivity index (χ0n) is 11.8. The SMILES string of the molecule is N#CC1=C(c2ccccc2)O[C@H]([N+](=O)[O-])[C@H]1c1ccc(Br)cc1. The van der Waals surface area contributed by atoms with Crippen molar-refractivity contribution in [2.45, 2.75) is 12.1 Å². The molecule has 0 amide bonds. The maximum Gasteiger partial charge on any atom is 0.365 e. The standard InChI is InChI=1S/C17H11BrN2O3/c18-13-8-6-11(7-9-13)15-14(10-19)16(23-17(15)20(21)22)12-4-2-1-3-5-12/h1-9,15,17H/t15-,17-/m0/s1. The molecule has 2 aromatic rings. The molecule has 23 heavy (non-hydrogen) atoms. The number of ether oxygens (including phenoxy) is 1. The van der Waals surface area contributed by atoms with E-state index in [1.807, 2.05) is 6.07 Å². The van der Waals surface area contributed by atoms with Gasteiger partial charge in [0.1, 0.15) is 11.7 Å². The lowest BCUT2D eigenvalue weighted by Gasteiger charge is -2.13. The second-order valence-corrected chi connectivity index (χ2v) is 5.96. The van der Waals surface area contributed by atoms with E-state index in [0.29, 0.717) is 11.1 Å². The highest BCUT2D eigenvalue weighted by molar-refractivity contribution is 9.10. The molecule has 0 saturated carbocycles. The summed E-state index contributed by atoms with van der Waals surface area (Å²) in [6, 6.07) is 18.2. The van der Waals surface area contributed by atoms with Gasteiger partial charge in [-0.25, -0.2) is 0 Å². The van der Waals surface area contributed by atoms with Crippen molar-refractivity contribution in [1.29, 1.82) is 5.26 Å². The molecule has 2 aromatic carbocycles. The van der Waals surface area contributed by atoms with Crippen LogP contribution in [-0.4, -0.2) is 11.2 Å². The third-order valence-corrected chi connectivity index (χ3v) is 4.20. The molecule has 1 aliphatic rings. The number of hydrogen-bond acceptors (Lipinski definition) is 4. The molecule has 0 aliphatic carbocycles. The third kappa shape index (κ3) is 2.83. The Morgan fingerprint density at radius 3 is 2.35 bits per heavy atom. The molecule has 1 aliphatic heterocycles. The average molecular weight is 371 g/mol. The number of nitrogens with zero attached hydrogens (tertiary/aromatic N) is 2. The van der Waals surface area contributed by atoms with Crippen molar-refractivity contribution < 1.29 is 9.66 Å². The first-order valence-corrected chi connectivity index (χ1v) is 7.66. The maximum atomic E-state index is 11.4. The predicted molar refractivity (Wildman–Crippen MR) is 87.7 cm³/mol. The summed E-state index contributed by atoms with van der Waals surface area (Å²) in [5.41, 5.74) is 1.62. The van der Waals surface area contributed by atoms with E-state index < -0.39 is 17.1 Å². The number of nitriles is 1. The highest BCUT2D eigenvalue weighted by atomic mass is 79.9. The summed E-state index contributed by atoms with van der Waals surface area (Å²) in [5.74, 6) is -0.443. The van der Waals surface area contributed by atoms with E-state index in [-0.39, 0.29) is 11.3 Å². The Morgan fingerprint density at radius 1 is 1.13 bits per heavy atom. The Balaban J connectivity index is 2.13. The first kappa shape index (κ1) is 15.3. The van der Waals surface area contributed by atoms with Gasteiger partial charge in [0.25, 0.3) is 0 Å². The first-order chi connectivity index (χ1) is 11.1. The first-order valence-electron chi connectivity index (χ1n) is 6.87. The minimum atomic E-state index is -1.30. The number of rotatable bonds is 3. The second-order valence-electron chi connectivity index (χ2n) is 5.04. The van der Waals surface area contributed by atoms with Crippen molar-refractivity contribution in [2.75, 3.05) is 0 Å². The van der Waals surface area contributed by atoms with E-state index in [9.17, 15) is 15.4 Å². The van der Waals surface area contributed by atoms with Crippen LogP contribution in [0, 0.1) is 21.4 Å². The smallest absolute Gasteiger partial charge is 0.365 e. The maximum absolute atomic E-state index is 11.4. The lowest BCUT2D eigenvalue weighted by atomic mass is 9.90. The molecular weight excluding hydrogens is 360 g/mol. The quantitative estimate of drug-likeness (QED) is 0.601. The van der Waals surface area contributed by atoms with Crippen LogP contribution in [0.15, 0.2) is 64.6 Å². The second kappa shape index (κ2) is 6.23. The summed E-state index contributed by atoms with van der Waals surface area (Å²) < 4.78 is 6.42. The fraction of sp³-hybridized carbons (Fsp3) is 0.118. The van der Waals surface area contributed by atoms with Crippen molar-refractivity contribution in [2.24, 2.45) is 0 Å². The van der Waals surface area contributed by atoms with Crippen molar-refractivity contribution in [3.63, 3.8) is 0 Å². The Kier molecular flexibility index (Phi) is 4.13. The fourth-order valence-electron chi connectivity index (χ4n) is 2.64. The van der Waals surface area contributed by atoms with Gasteiger partial charge in [-0.3, -0.25) is 10.1 Å². The van der Waals surface area contributed by atoms with E-state index >= 15 is 0 Å². The van der Waals surface area contributed by atoms with E-state index in [0.717, 1.165) is 4.47 Å². The van der Waals surface area contributed by atoms with Crippen LogP contribution >= 0.6 is 15.9 Å². The monoisotopic (exact) mass is 370 g/mol. The van der Waals surface area contributed by atoms with Gasteiger partial charge < -0.3 is 4.74 Å². The van der Waals surface area contributed by atoms with Gasteiger partial charge in [0, 0.05) is 10.0 Å². The average Bonchev–Trinajstić information content (AvgIpc) is 2.96. The molecule has 2 atom stereocenters. The molecule has 5 nitrogen and oxygen atoms in total. The molecule has 0 fully saturated rings. The van der Waals surface area contributed by atoms with Gasteiger partial charge in [-0.05, 0) is 17.7 Å². The number of halogens is 1. The Hall–Kier alpha value is -2.65. The molecule has 3 rings (SSSR count). The van der Waals surface area contributed by atoms with E-state index in [2.05, 4.69) is 22.0 Å². The molecule has 114 valence electrons. The van der Waals surface area contributed by atoms with Crippen molar-refractivity contribution in [1.82, 2.24) is 0 Å². The molecule has 0 spiro atoms. The molecule has 0 saturated heterocycles. The zero-order valence-corrected chi connectivity index (χ0v) is 13.4. The van der Waals surface area contributed by atoms with Gasteiger partial charge in [-0.2, -0.15) is 5.26 Å². The summed E-state index contributed by atoms with van der Waals surface area (Å²) >= 11 is 3.34. The van der Waals surface area contributed by atoms with Crippen LogP contribution in [0.2, 0.25) is 0 Å². The molecule has 6 heteroatoms. The zero-order chi connectivity index (χ0) is 16.4. The summed E-state index contributed by atoms with van der Waals surface area (Å²) in [6.45, 7) is 0. The van der Waals surface area contributed by atoms with Gasteiger partial charge >= 0.3 is 6.23 Å². The molecule has 0 aromatic heterocycles. The van der Waals surface area contributed by atoms with E-state index in [1.165, 1.54) is 0 Å². The number of hydrogen-bond donors (Lipinski definition) is 0. The predicted octanol–water partition coefficient (Wildman–Crippen LogP) is 4.10. The number of nitro groups is 1. The van der Waals surface area contributed by atoms with Crippen LogP contribution in [0.1, 0.15) is 17.0 Å². The van der Waals surface area contributed by atoms with Crippen LogP contribution in [0.25, 0.3) is 5.76 Å². The van der Waals surface area contributed by atoms with Crippen LogP contribution in [0.4, 0.5) is 0 Å². The molecule has 0 N–H and O–H groups in total. The molecular formula is C17H11BrN2O3. The highest BCUT2D eigenvalue weighted by Crippen LogP contribution is 2.43. The van der Waals surface area contributed by atoms with Gasteiger partial charge in [-0.1, -0.05) is 58.4 Å². The van der Waals surface area contributed by atoms with E-state index in [1.54, 1.807) is 48.5 Å². The third-order valence-electron chi connectivity index (χ3n) is 3.67. The Morgan fingerprint density at radius 2 is 1.78 bits per heavy atom. The highest BCUT2D eigenvalue weighted by Gasteiger charge is 2.46. The lowest BCUT2D eigenvalue weighted by molar-refractivity contribution is -0.567. The molecule has 0 unspecified atom stereocenters. The Labute approximate surface area is 141 Å². The van der Waals surface area contributed by atoms with Crippen LogP contribution in [-0.2, 0) is 4.74 Å². The lowest BCUT2D eigenvalue weighted by Crippen LogP contribution is -2.26. The van der Waals surface area contributed by atoms with E-state index in [4.69, 9.17) is 4.74 Å². The number of benzene rings is 2. The summed E-state index contributed by atoms with van der Waals surface area (Å²) in [6.07, 6.45) is -1.30. The van der Waals surface area contributed by atoms with Gasteiger partial charge in [0.15, 0.2) is 0 Å². The topological polar surface area (TPSA) is 76.2 Å². The summed E-state index contributed by atoms with van der Waals surface area (Å²) in [7, 11) is 0. The van der Waals surface area contributed by atoms with Gasteiger partial charge in [0.2, 0.25) is 0 Å². The van der Waals surface area contributed by atoms with Gasteiger partial charge in [0.05, 0.1) is 16.6 Å². The minimum Gasteiger partial charge on any atom is -0.427 e. The van der Waals surface area contributed by atoms with Crippen LogP contribution in [0.3, 0.4) is 0 Å². The molecule has 0 bridgehead atoms. The largest absolute Gasteiger partial charge is 0.427 e. The molecule has 0 radical (unpaired) electrons. The summed E-state index contributed by atoms with van der Waals surface area (Å²) in [5, 5.41) is 21.0.